The Morgan fingerprint density at radius 2 is 1.80 bits per heavy atom. The van der Waals surface area contributed by atoms with Crippen molar-refractivity contribution >= 4 is 35.1 Å². The summed E-state index contributed by atoms with van der Waals surface area (Å²) in [6.45, 7) is 4.90. The molecule has 4 rings (SSSR count). The van der Waals surface area contributed by atoms with Crippen LogP contribution in [0.15, 0.2) is 52.3 Å². The molecule has 2 aromatic rings. The van der Waals surface area contributed by atoms with Gasteiger partial charge in [-0.25, -0.2) is 0 Å². The van der Waals surface area contributed by atoms with Gasteiger partial charge >= 0.3 is 0 Å². The second kappa shape index (κ2) is 7.42. The van der Waals surface area contributed by atoms with E-state index in [1.165, 1.54) is 26.6 Å². The molecular formula is C20H21ClN2OS. The lowest BCUT2D eigenvalue weighted by Crippen LogP contribution is -2.46. The van der Waals surface area contributed by atoms with E-state index >= 15 is 0 Å². The number of benzene rings is 2. The van der Waals surface area contributed by atoms with Crippen LogP contribution in [-0.4, -0.2) is 54.2 Å². The predicted octanol–water partition coefficient (Wildman–Crippen LogP) is 3.91. The summed E-state index contributed by atoms with van der Waals surface area (Å²) < 4.78 is 0. The van der Waals surface area contributed by atoms with Crippen LogP contribution in [0.4, 0.5) is 0 Å². The SMILES string of the molecule is OCCN1CCN(C2=Cc3cc(Cl)ccc3Sc3ccccc32)CC1. The molecule has 25 heavy (non-hydrogen) atoms. The van der Waals surface area contributed by atoms with Crippen molar-refractivity contribution in [3.63, 3.8) is 0 Å². The van der Waals surface area contributed by atoms with Crippen molar-refractivity contribution in [2.45, 2.75) is 9.79 Å². The third-order valence-electron chi connectivity index (χ3n) is 4.78. The van der Waals surface area contributed by atoms with Crippen LogP contribution >= 0.6 is 23.4 Å². The Bertz CT molecular complexity index is 800. The smallest absolute Gasteiger partial charge is 0.0558 e. The van der Waals surface area contributed by atoms with Gasteiger partial charge < -0.3 is 10.0 Å². The highest BCUT2D eigenvalue weighted by Crippen LogP contribution is 2.42. The first kappa shape index (κ1) is 17.0. The number of halogens is 1. The first-order chi connectivity index (χ1) is 12.2. The molecule has 2 aliphatic heterocycles. The van der Waals surface area contributed by atoms with Crippen molar-refractivity contribution in [3.05, 3.63) is 58.6 Å². The maximum absolute atomic E-state index is 9.15. The topological polar surface area (TPSA) is 26.7 Å². The third-order valence-corrected chi connectivity index (χ3v) is 6.18. The molecule has 0 aromatic heterocycles. The van der Waals surface area contributed by atoms with Gasteiger partial charge in [-0.2, -0.15) is 0 Å². The van der Waals surface area contributed by atoms with E-state index in [1.54, 1.807) is 0 Å². The van der Waals surface area contributed by atoms with Crippen LogP contribution in [0.25, 0.3) is 11.8 Å². The Balaban J connectivity index is 1.71. The van der Waals surface area contributed by atoms with Gasteiger partial charge in [-0.05, 0) is 35.9 Å². The summed E-state index contributed by atoms with van der Waals surface area (Å²) in [5.41, 5.74) is 3.74. The molecule has 5 heteroatoms. The van der Waals surface area contributed by atoms with Gasteiger partial charge in [0, 0.05) is 58.8 Å². The van der Waals surface area contributed by atoms with Crippen molar-refractivity contribution in [1.29, 1.82) is 0 Å². The molecule has 3 nitrogen and oxygen atoms in total. The van der Waals surface area contributed by atoms with Crippen molar-refractivity contribution in [2.75, 3.05) is 39.3 Å². The van der Waals surface area contributed by atoms with Crippen LogP contribution in [0.5, 0.6) is 0 Å². The molecule has 0 amide bonds. The van der Waals surface area contributed by atoms with Crippen LogP contribution in [0.2, 0.25) is 5.02 Å². The van der Waals surface area contributed by atoms with Gasteiger partial charge in [0.2, 0.25) is 0 Å². The Labute approximate surface area is 157 Å². The van der Waals surface area contributed by atoms with Gasteiger partial charge in [-0.3, -0.25) is 4.90 Å². The van der Waals surface area contributed by atoms with E-state index in [0.717, 1.165) is 37.7 Å². The molecule has 2 aromatic carbocycles. The quantitative estimate of drug-likeness (QED) is 0.883. The minimum Gasteiger partial charge on any atom is -0.395 e. The van der Waals surface area contributed by atoms with E-state index in [1.807, 2.05) is 17.8 Å². The highest BCUT2D eigenvalue weighted by molar-refractivity contribution is 7.99. The average molecular weight is 373 g/mol. The lowest BCUT2D eigenvalue weighted by atomic mass is 10.1. The van der Waals surface area contributed by atoms with Gasteiger partial charge in [0.05, 0.1) is 6.61 Å². The zero-order valence-corrected chi connectivity index (χ0v) is 15.6. The lowest BCUT2D eigenvalue weighted by molar-refractivity contribution is 0.143. The van der Waals surface area contributed by atoms with E-state index < -0.39 is 0 Å². The molecule has 0 spiro atoms. The zero-order chi connectivity index (χ0) is 17.2. The highest BCUT2D eigenvalue weighted by atomic mass is 35.5. The second-order valence-electron chi connectivity index (χ2n) is 6.36. The summed E-state index contributed by atoms with van der Waals surface area (Å²) >= 11 is 8.05. The van der Waals surface area contributed by atoms with E-state index in [-0.39, 0.29) is 6.61 Å². The lowest BCUT2D eigenvalue weighted by Gasteiger charge is -2.37. The number of aliphatic hydroxyl groups excluding tert-OH is 1. The summed E-state index contributed by atoms with van der Waals surface area (Å²) in [7, 11) is 0. The van der Waals surface area contributed by atoms with Crippen molar-refractivity contribution in [1.82, 2.24) is 9.80 Å². The minimum atomic E-state index is 0.230. The van der Waals surface area contributed by atoms with E-state index in [9.17, 15) is 0 Å². The summed E-state index contributed by atoms with van der Waals surface area (Å²) in [5, 5.41) is 9.93. The standard InChI is InChI=1S/C20H21ClN2OS/c21-16-5-6-19-15(13-16)14-18(17-3-1-2-4-20(17)25-19)23-9-7-22(8-10-23)11-12-24/h1-6,13-14,24H,7-12H2. The Morgan fingerprint density at radius 1 is 1.00 bits per heavy atom. The summed E-state index contributed by atoms with van der Waals surface area (Å²) in [6.07, 6.45) is 2.28. The number of aliphatic hydroxyl groups is 1. The number of hydrogen-bond acceptors (Lipinski definition) is 4. The molecule has 0 unspecified atom stereocenters. The molecule has 130 valence electrons. The van der Waals surface area contributed by atoms with Crippen LogP contribution in [0, 0.1) is 0 Å². The average Bonchev–Trinajstić information content (AvgIpc) is 2.79. The molecule has 0 saturated carbocycles. The fourth-order valence-corrected chi connectivity index (χ4v) is 4.67. The Morgan fingerprint density at radius 3 is 2.60 bits per heavy atom. The maximum Gasteiger partial charge on any atom is 0.0558 e. The van der Waals surface area contributed by atoms with E-state index in [0.29, 0.717) is 0 Å². The maximum atomic E-state index is 9.15. The molecule has 1 fully saturated rings. The fraction of sp³-hybridized carbons (Fsp3) is 0.300. The molecular weight excluding hydrogens is 352 g/mol. The van der Waals surface area contributed by atoms with Crippen LogP contribution in [0.3, 0.4) is 0 Å². The molecule has 1 saturated heterocycles. The van der Waals surface area contributed by atoms with Gasteiger partial charge in [0.15, 0.2) is 0 Å². The zero-order valence-electron chi connectivity index (χ0n) is 14.0. The van der Waals surface area contributed by atoms with Crippen molar-refractivity contribution < 1.29 is 5.11 Å². The predicted molar refractivity (Wildman–Crippen MR) is 105 cm³/mol. The van der Waals surface area contributed by atoms with Crippen molar-refractivity contribution in [2.24, 2.45) is 0 Å². The Kier molecular flexibility index (Phi) is 5.04. The second-order valence-corrected chi connectivity index (χ2v) is 7.88. The molecule has 1 N–H and O–H groups in total. The van der Waals surface area contributed by atoms with Gasteiger partial charge in [-0.15, -0.1) is 0 Å². The molecule has 0 atom stereocenters. The highest BCUT2D eigenvalue weighted by Gasteiger charge is 2.23. The number of fused-ring (bicyclic) bond motifs is 2. The van der Waals surface area contributed by atoms with Gasteiger partial charge in [0.1, 0.15) is 0 Å². The summed E-state index contributed by atoms with van der Waals surface area (Å²) in [4.78, 5) is 7.31. The molecule has 0 radical (unpaired) electrons. The van der Waals surface area contributed by atoms with E-state index in [4.69, 9.17) is 16.7 Å². The van der Waals surface area contributed by atoms with Gasteiger partial charge in [0.25, 0.3) is 0 Å². The number of hydrogen-bond donors (Lipinski definition) is 1. The number of piperazine rings is 1. The van der Waals surface area contributed by atoms with Crippen LogP contribution < -0.4 is 0 Å². The molecule has 0 bridgehead atoms. The fourth-order valence-electron chi connectivity index (χ4n) is 3.45. The molecule has 0 aliphatic carbocycles. The van der Waals surface area contributed by atoms with Crippen LogP contribution in [0.1, 0.15) is 11.1 Å². The summed E-state index contributed by atoms with van der Waals surface area (Å²) in [6, 6.07) is 14.7. The van der Waals surface area contributed by atoms with E-state index in [2.05, 4.69) is 52.3 Å². The number of nitrogens with zero attached hydrogens (tertiary/aromatic N) is 2. The summed E-state index contributed by atoms with van der Waals surface area (Å²) in [5.74, 6) is 0. The monoisotopic (exact) mass is 372 g/mol. The van der Waals surface area contributed by atoms with Crippen molar-refractivity contribution in [3.8, 4) is 0 Å². The number of rotatable bonds is 3. The molecule has 2 aliphatic rings. The Hall–Kier alpha value is -1.46. The first-order valence-corrected chi connectivity index (χ1v) is 9.81. The minimum absolute atomic E-state index is 0.230. The number of β-amino-alcohol motifs (C(OH)–C–C–N with tert-alkyl or cyclic N) is 1. The largest absolute Gasteiger partial charge is 0.395 e. The van der Waals surface area contributed by atoms with Crippen LogP contribution in [-0.2, 0) is 0 Å². The third kappa shape index (κ3) is 3.58. The normalized spacial score (nSPS) is 17.5. The molecule has 2 heterocycles. The van der Waals surface area contributed by atoms with Gasteiger partial charge in [-0.1, -0.05) is 41.6 Å². The first-order valence-electron chi connectivity index (χ1n) is 8.61.